The third kappa shape index (κ3) is 5.06. The van der Waals surface area contributed by atoms with E-state index in [-0.39, 0.29) is 24.2 Å². The zero-order valence-corrected chi connectivity index (χ0v) is 15.0. The predicted octanol–water partition coefficient (Wildman–Crippen LogP) is 2.86. The average molecular weight is 343 g/mol. The molecule has 0 aromatic heterocycles. The van der Waals surface area contributed by atoms with Gasteiger partial charge in [0.25, 0.3) is 0 Å². The minimum atomic E-state index is -0.0743. The quantitative estimate of drug-likeness (QED) is 0.809. The lowest BCUT2D eigenvalue weighted by Gasteiger charge is -2.32. The third-order valence-corrected chi connectivity index (χ3v) is 4.95. The highest BCUT2D eigenvalue weighted by Gasteiger charge is 2.31. The molecule has 2 amide bonds. The second-order valence-electron chi connectivity index (χ2n) is 7.22. The highest BCUT2D eigenvalue weighted by molar-refractivity contribution is 5.74. The van der Waals surface area contributed by atoms with E-state index in [1.165, 1.54) is 5.57 Å². The van der Waals surface area contributed by atoms with Gasteiger partial charge in [-0.3, -0.25) is 4.90 Å². The van der Waals surface area contributed by atoms with Crippen molar-refractivity contribution in [3.05, 3.63) is 48.0 Å². The van der Waals surface area contributed by atoms with Crippen molar-refractivity contribution in [3.63, 3.8) is 0 Å². The van der Waals surface area contributed by atoms with Crippen molar-refractivity contribution in [1.29, 1.82) is 0 Å². The summed E-state index contributed by atoms with van der Waals surface area (Å²) in [5.41, 5.74) is 2.32. The molecule has 2 heterocycles. The van der Waals surface area contributed by atoms with Crippen LogP contribution in [0.25, 0.3) is 0 Å². The minimum Gasteiger partial charge on any atom is -0.371 e. The van der Waals surface area contributed by atoms with Crippen LogP contribution in [-0.2, 0) is 4.74 Å². The summed E-state index contributed by atoms with van der Waals surface area (Å²) in [6.45, 7) is 9.69. The Morgan fingerprint density at radius 1 is 1.20 bits per heavy atom. The van der Waals surface area contributed by atoms with Crippen molar-refractivity contribution in [3.8, 4) is 0 Å². The largest absolute Gasteiger partial charge is 0.371 e. The molecule has 5 nitrogen and oxygen atoms in total. The molecule has 0 spiro atoms. The number of benzene rings is 1. The smallest absolute Gasteiger partial charge is 0.315 e. The summed E-state index contributed by atoms with van der Waals surface area (Å²) in [5.74, 6) is 0. The van der Waals surface area contributed by atoms with Crippen LogP contribution >= 0.6 is 0 Å². The lowest BCUT2D eigenvalue weighted by molar-refractivity contribution is 0.0996. The van der Waals surface area contributed by atoms with Gasteiger partial charge in [0.05, 0.1) is 6.04 Å². The molecule has 136 valence electrons. The van der Waals surface area contributed by atoms with Gasteiger partial charge < -0.3 is 15.4 Å². The number of hydrogen-bond donors (Lipinski definition) is 2. The molecule has 0 aliphatic carbocycles. The number of rotatable bonds is 5. The number of ether oxygens (including phenoxy) is 1. The second kappa shape index (κ2) is 8.50. The van der Waals surface area contributed by atoms with Gasteiger partial charge in [-0.25, -0.2) is 4.79 Å². The Morgan fingerprint density at radius 2 is 1.92 bits per heavy atom. The molecule has 0 saturated carbocycles. The highest BCUT2D eigenvalue weighted by atomic mass is 16.5. The molecule has 2 fully saturated rings. The zero-order valence-electron chi connectivity index (χ0n) is 15.0. The van der Waals surface area contributed by atoms with E-state index >= 15 is 0 Å². The summed E-state index contributed by atoms with van der Waals surface area (Å²) in [5, 5.41) is 6.25. The fraction of sp³-hybridized carbons (Fsp3) is 0.550. The number of nitrogens with one attached hydrogen (secondary N) is 2. The number of carbonyl (C=O) groups is 1. The van der Waals surface area contributed by atoms with Crippen LogP contribution in [0.2, 0.25) is 0 Å². The molecule has 0 unspecified atom stereocenters. The van der Waals surface area contributed by atoms with Gasteiger partial charge in [-0.15, -0.1) is 0 Å². The monoisotopic (exact) mass is 343 g/mol. The van der Waals surface area contributed by atoms with Gasteiger partial charge in [-0.2, -0.15) is 0 Å². The lowest BCUT2D eigenvalue weighted by Crippen LogP contribution is -2.50. The molecular formula is C20H29N3O2. The molecule has 1 aromatic rings. The Morgan fingerprint density at radius 3 is 2.60 bits per heavy atom. The van der Waals surface area contributed by atoms with Gasteiger partial charge in [0, 0.05) is 32.3 Å². The van der Waals surface area contributed by atoms with E-state index in [1.807, 2.05) is 18.2 Å². The highest BCUT2D eigenvalue weighted by Crippen LogP contribution is 2.28. The van der Waals surface area contributed by atoms with Crippen LogP contribution in [0, 0.1) is 0 Å². The van der Waals surface area contributed by atoms with Crippen LogP contribution < -0.4 is 10.6 Å². The van der Waals surface area contributed by atoms with E-state index < -0.39 is 0 Å². The Kier molecular flexibility index (Phi) is 6.10. The first-order valence-corrected chi connectivity index (χ1v) is 9.22. The van der Waals surface area contributed by atoms with Gasteiger partial charge in [0.2, 0.25) is 0 Å². The summed E-state index contributed by atoms with van der Waals surface area (Å²) in [6, 6.07) is 10.3. The van der Waals surface area contributed by atoms with Crippen LogP contribution in [0.15, 0.2) is 42.5 Å². The topological polar surface area (TPSA) is 53.6 Å². The maximum absolute atomic E-state index is 12.4. The Labute approximate surface area is 150 Å². The van der Waals surface area contributed by atoms with E-state index in [2.05, 4.69) is 41.2 Å². The minimum absolute atomic E-state index is 0.0332. The molecule has 0 bridgehead atoms. The summed E-state index contributed by atoms with van der Waals surface area (Å²) >= 11 is 0. The number of hydrogen-bond acceptors (Lipinski definition) is 3. The predicted molar refractivity (Wildman–Crippen MR) is 99.5 cm³/mol. The van der Waals surface area contributed by atoms with Crippen molar-refractivity contribution in [2.75, 3.05) is 26.2 Å². The first kappa shape index (κ1) is 18.0. The van der Waals surface area contributed by atoms with Crippen LogP contribution in [0.1, 0.15) is 37.9 Å². The molecule has 2 atom stereocenters. The molecule has 5 heteroatoms. The summed E-state index contributed by atoms with van der Waals surface area (Å²) in [4.78, 5) is 14.8. The first-order chi connectivity index (χ1) is 12.1. The molecule has 2 aliphatic rings. The number of piperidine rings is 1. The summed E-state index contributed by atoms with van der Waals surface area (Å²) in [7, 11) is 0. The van der Waals surface area contributed by atoms with Crippen molar-refractivity contribution in [2.24, 2.45) is 0 Å². The normalized spacial score (nSPS) is 24.8. The molecule has 2 N–H and O–H groups in total. The van der Waals surface area contributed by atoms with Crippen LogP contribution in [0.5, 0.6) is 0 Å². The van der Waals surface area contributed by atoms with Gasteiger partial charge in [-0.05, 0) is 31.7 Å². The third-order valence-electron chi connectivity index (χ3n) is 4.95. The SMILES string of the molecule is C=C(C)CN1CCC(NC(=O)N[C@H]2CCO[C@@H]2c2ccccc2)CC1. The maximum atomic E-state index is 12.4. The van der Waals surface area contributed by atoms with Gasteiger partial charge in [0.15, 0.2) is 0 Å². The Bertz CT molecular complexity index is 582. The van der Waals surface area contributed by atoms with E-state index in [1.54, 1.807) is 0 Å². The van der Waals surface area contributed by atoms with E-state index in [9.17, 15) is 4.79 Å². The van der Waals surface area contributed by atoms with Crippen LogP contribution in [0.3, 0.4) is 0 Å². The van der Waals surface area contributed by atoms with E-state index in [4.69, 9.17) is 4.74 Å². The summed E-state index contributed by atoms with van der Waals surface area (Å²) in [6.07, 6.45) is 2.78. The van der Waals surface area contributed by atoms with E-state index in [0.29, 0.717) is 6.61 Å². The number of urea groups is 1. The van der Waals surface area contributed by atoms with Crippen molar-refractivity contribution in [1.82, 2.24) is 15.5 Å². The Balaban J connectivity index is 1.46. The van der Waals surface area contributed by atoms with Crippen LogP contribution in [-0.4, -0.2) is 49.3 Å². The summed E-state index contributed by atoms with van der Waals surface area (Å²) < 4.78 is 5.84. The van der Waals surface area contributed by atoms with Crippen molar-refractivity contribution >= 4 is 6.03 Å². The maximum Gasteiger partial charge on any atom is 0.315 e. The molecule has 2 saturated heterocycles. The molecule has 2 aliphatic heterocycles. The van der Waals surface area contributed by atoms with Crippen molar-refractivity contribution in [2.45, 2.75) is 44.4 Å². The number of amides is 2. The lowest BCUT2D eigenvalue weighted by atomic mass is 10.0. The molecule has 1 aromatic carbocycles. The van der Waals surface area contributed by atoms with Gasteiger partial charge >= 0.3 is 6.03 Å². The standard InChI is InChI=1S/C20H29N3O2/c1-15(2)14-23-11-8-17(9-12-23)21-20(24)22-18-10-13-25-19(18)16-6-4-3-5-7-16/h3-7,17-19H,1,8-14H2,2H3,(H2,21,22,24)/t18-,19+/m0/s1. The van der Waals surface area contributed by atoms with Gasteiger partial charge in [0.1, 0.15) is 6.10 Å². The van der Waals surface area contributed by atoms with Crippen LogP contribution in [0.4, 0.5) is 4.79 Å². The van der Waals surface area contributed by atoms with E-state index in [0.717, 1.165) is 44.5 Å². The average Bonchev–Trinajstić information content (AvgIpc) is 3.05. The zero-order chi connectivity index (χ0) is 17.6. The number of nitrogens with zero attached hydrogens (tertiary/aromatic N) is 1. The molecular weight excluding hydrogens is 314 g/mol. The fourth-order valence-corrected chi connectivity index (χ4v) is 3.72. The molecule has 0 radical (unpaired) electrons. The number of carbonyl (C=O) groups excluding carboxylic acids is 1. The number of likely N-dealkylation sites (tertiary alicyclic amines) is 1. The Hall–Kier alpha value is -1.85. The first-order valence-electron chi connectivity index (χ1n) is 9.22. The van der Waals surface area contributed by atoms with Crippen molar-refractivity contribution < 1.29 is 9.53 Å². The molecule has 3 rings (SSSR count). The van der Waals surface area contributed by atoms with Gasteiger partial charge in [-0.1, -0.05) is 42.5 Å². The second-order valence-corrected chi connectivity index (χ2v) is 7.22. The molecule has 25 heavy (non-hydrogen) atoms. The fourth-order valence-electron chi connectivity index (χ4n) is 3.72.